The van der Waals surface area contributed by atoms with Gasteiger partial charge in [-0.2, -0.15) is 0 Å². The fourth-order valence-corrected chi connectivity index (χ4v) is 5.05. The number of aryl methyl sites for hydroxylation is 1. The molecular formula is C28H36F2O3. The summed E-state index contributed by atoms with van der Waals surface area (Å²) in [5.74, 6) is -1.77. The van der Waals surface area contributed by atoms with Gasteiger partial charge in [0.25, 0.3) is 0 Å². The Morgan fingerprint density at radius 3 is 2.33 bits per heavy atom. The fraction of sp³-hybridized carbons (Fsp3) is 0.536. The van der Waals surface area contributed by atoms with Gasteiger partial charge in [0.15, 0.2) is 11.6 Å². The van der Waals surface area contributed by atoms with Gasteiger partial charge in [-0.3, -0.25) is 0 Å². The largest absolute Gasteiger partial charge is 0.491 e. The number of hydrogen-bond donors (Lipinski definition) is 1. The first-order valence-electron chi connectivity index (χ1n) is 12.3. The molecule has 0 aliphatic heterocycles. The van der Waals surface area contributed by atoms with Gasteiger partial charge in [-0.15, -0.1) is 0 Å². The van der Waals surface area contributed by atoms with E-state index in [0.717, 1.165) is 55.2 Å². The van der Waals surface area contributed by atoms with Crippen LogP contribution in [0.15, 0.2) is 42.5 Å². The Morgan fingerprint density at radius 2 is 1.76 bits per heavy atom. The van der Waals surface area contributed by atoms with E-state index in [9.17, 15) is 14.3 Å². The van der Waals surface area contributed by atoms with Crippen molar-refractivity contribution in [2.24, 2.45) is 11.8 Å². The number of benzene rings is 2. The van der Waals surface area contributed by atoms with Crippen molar-refractivity contribution < 1.29 is 23.4 Å². The number of rotatable bonds is 11. The van der Waals surface area contributed by atoms with E-state index in [-0.39, 0.29) is 29.8 Å². The molecule has 0 spiro atoms. The van der Waals surface area contributed by atoms with Crippen molar-refractivity contribution in [3.05, 3.63) is 53.8 Å². The van der Waals surface area contributed by atoms with Crippen LogP contribution >= 0.6 is 0 Å². The summed E-state index contributed by atoms with van der Waals surface area (Å²) in [6.07, 6.45) is 6.62. The monoisotopic (exact) mass is 458 g/mol. The molecule has 2 atom stereocenters. The molecule has 1 unspecified atom stereocenters. The zero-order valence-corrected chi connectivity index (χ0v) is 19.8. The van der Waals surface area contributed by atoms with Crippen LogP contribution in [0.3, 0.4) is 0 Å². The molecule has 2 aromatic carbocycles. The lowest BCUT2D eigenvalue weighted by Crippen LogP contribution is -2.44. The zero-order chi connectivity index (χ0) is 23.8. The third kappa shape index (κ3) is 6.33. The summed E-state index contributed by atoms with van der Waals surface area (Å²) >= 11 is 0. The van der Waals surface area contributed by atoms with Crippen LogP contribution in [0.2, 0.25) is 0 Å². The van der Waals surface area contributed by atoms with Crippen molar-refractivity contribution in [2.45, 2.75) is 77.3 Å². The number of alkyl halides is 1. The van der Waals surface area contributed by atoms with E-state index in [0.29, 0.717) is 19.4 Å². The van der Waals surface area contributed by atoms with Crippen LogP contribution in [0.4, 0.5) is 8.78 Å². The van der Waals surface area contributed by atoms with Crippen LogP contribution in [0.5, 0.6) is 5.75 Å². The fourth-order valence-electron chi connectivity index (χ4n) is 5.05. The Labute approximate surface area is 196 Å². The van der Waals surface area contributed by atoms with Crippen LogP contribution in [0.1, 0.15) is 70.8 Å². The molecular weight excluding hydrogens is 422 g/mol. The maximum absolute atomic E-state index is 15.7. The molecule has 180 valence electrons. The number of aliphatic carboxylic acids is 1. The Morgan fingerprint density at radius 1 is 1.09 bits per heavy atom. The number of hydrogen-bond acceptors (Lipinski definition) is 2. The van der Waals surface area contributed by atoms with Gasteiger partial charge in [-0.05, 0) is 73.8 Å². The number of carboxylic acid groups (broad SMARTS) is 1. The summed E-state index contributed by atoms with van der Waals surface area (Å²) < 4.78 is 35.1. The summed E-state index contributed by atoms with van der Waals surface area (Å²) in [6.45, 7) is 4.25. The van der Waals surface area contributed by atoms with E-state index in [1.54, 1.807) is 6.07 Å². The highest BCUT2D eigenvalue weighted by molar-refractivity contribution is 5.77. The maximum Gasteiger partial charge on any atom is 0.341 e. The van der Waals surface area contributed by atoms with Crippen molar-refractivity contribution in [3.63, 3.8) is 0 Å². The predicted octanol–water partition coefficient (Wildman–Crippen LogP) is 7.61. The Kier molecular flexibility index (Phi) is 8.87. The molecule has 2 aromatic rings. The minimum absolute atomic E-state index is 0.0212. The second kappa shape index (κ2) is 11.6. The Hall–Kier alpha value is -2.43. The standard InChI is InChI=1S/C28H36F2O3/c1-3-20(19-28(30,27(31)32)24-8-6-5-7-9-24)10-11-21-12-14-22(15-13-21)23-16-17-26(33-4-2)25(29)18-23/h12-18,20,24H,3-11,19H2,1-2H3,(H,31,32)/t20?,28-/m0/s1. The van der Waals surface area contributed by atoms with Crippen molar-refractivity contribution in [3.8, 4) is 16.9 Å². The van der Waals surface area contributed by atoms with Gasteiger partial charge in [0.2, 0.25) is 5.67 Å². The van der Waals surface area contributed by atoms with Gasteiger partial charge in [0.05, 0.1) is 6.61 Å². The molecule has 1 fully saturated rings. The smallest absolute Gasteiger partial charge is 0.341 e. The quantitative estimate of drug-likeness (QED) is 0.377. The molecule has 0 bridgehead atoms. The average molecular weight is 459 g/mol. The van der Waals surface area contributed by atoms with Crippen molar-refractivity contribution in [1.82, 2.24) is 0 Å². The highest BCUT2D eigenvalue weighted by atomic mass is 19.1. The molecule has 1 aliphatic carbocycles. The van der Waals surface area contributed by atoms with Crippen LogP contribution in [-0.2, 0) is 11.2 Å². The minimum Gasteiger partial charge on any atom is -0.491 e. The summed E-state index contributed by atoms with van der Waals surface area (Å²) in [5, 5.41) is 9.71. The Balaban J connectivity index is 1.62. The zero-order valence-electron chi connectivity index (χ0n) is 19.8. The minimum atomic E-state index is -2.12. The molecule has 1 N–H and O–H groups in total. The maximum atomic E-state index is 15.7. The van der Waals surface area contributed by atoms with Gasteiger partial charge in [0, 0.05) is 5.92 Å². The van der Waals surface area contributed by atoms with E-state index in [2.05, 4.69) is 0 Å². The van der Waals surface area contributed by atoms with Crippen LogP contribution in [0.25, 0.3) is 11.1 Å². The first-order chi connectivity index (χ1) is 15.9. The lowest BCUT2D eigenvalue weighted by atomic mass is 9.73. The van der Waals surface area contributed by atoms with Gasteiger partial charge < -0.3 is 9.84 Å². The molecule has 1 aliphatic rings. The highest BCUT2D eigenvalue weighted by Crippen LogP contribution is 2.41. The van der Waals surface area contributed by atoms with Crippen LogP contribution in [-0.4, -0.2) is 23.4 Å². The summed E-state index contributed by atoms with van der Waals surface area (Å²) in [4.78, 5) is 11.9. The van der Waals surface area contributed by atoms with Crippen molar-refractivity contribution in [1.29, 1.82) is 0 Å². The average Bonchev–Trinajstić information content (AvgIpc) is 2.83. The first-order valence-corrected chi connectivity index (χ1v) is 12.3. The Bertz CT molecular complexity index is 906. The van der Waals surface area contributed by atoms with E-state index in [4.69, 9.17) is 4.74 Å². The highest BCUT2D eigenvalue weighted by Gasteiger charge is 2.47. The summed E-state index contributed by atoms with van der Waals surface area (Å²) in [6, 6.07) is 12.9. The molecule has 0 saturated heterocycles. The van der Waals surface area contributed by atoms with E-state index < -0.39 is 11.6 Å². The molecule has 1 saturated carbocycles. The summed E-state index contributed by atoms with van der Waals surface area (Å²) in [5.41, 5.74) is 0.688. The third-order valence-electron chi connectivity index (χ3n) is 7.13. The summed E-state index contributed by atoms with van der Waals surface area (Å²) in [7, 11) is 0. The van der Waals surface area contributed by atoms with E-state index >= 15 is 4.39 Å². The molecule has 33 heavy (non-hydrogen) atoms. The number of carboxylic acids is 1. The van der Waals surface area contributed by atoms with Crippen molar-refractivity contribution in [2.75, 3.05) is 6.61 Å². The van der Waals surface area contributed by atoms with Crippen molar-refractivity contribution >= 4 is 5.97 Å². The number of carbonyl (C=O) groups is 1. The van der Waals surface area contributed by atoms with Crippen LogP contribution < -0.4 is 4.74 Å². The lowest BCUT2D eigenvalue weighted by molar-refractivity contribution is -0.158. The lowest BCUT2D eigenvalue weighted by Gasteiger charge is -2.35. The number of ether oxygens (including phenoxy) is 1. The second-order valence-electron chi connectivity index (χ2n) is 9.29. The number of halogens is 2. The van der Waals surface area contributed by atoms with Gasteiger partial charge in [0.1, 0.15) is 0 Å². The van der Waals surface area contributed by atoms with Gasteiger partial charge in [-0.25, -0.2) is 13.6 Å². The molecule has 5 heteroatoms. The SMILES string of the molecule is CCOc1ccc(-c2ccc(CCC(CC)C[C@@](F)(C(=O)O)C3CCCCC3)cc2)cc1F. The molecule has 0 amide bonds. The van der Waals surface area contributed by atoms with E-state index in [1.165, 1.54) is 6.07 Å². The molecule has 0 heterocycles. The normalized spacial score (nSPS) is 17.3. The van der Waals surface area contributed by atoms with E-state index in [1.807, 2.05) is 44.2 Å². The topological polar surface area (TPSA) is 46.5 Å². The second-order valence-corrected chi connectivity index (χ2v) is 9.29. The van der Waals surface area contributed by atoms with Crippen LogP contribution in [0, 0.1) is 17.7 Å². The molecule has 3 rings (SSSR count). The molecule has 0 radical (unpaired) electrons. The first kappa shape index (κ1) is 25.2. The van der Waals surface area contributed by atoms with Gasteiger partial charge in [-0.1, -0.05) is 62.9 Å². The molecule has 3 nitrogen and oxygen atoms in total. The third-order valence-corrected chi connectivity index (χ3v) is 7.13. The predicted molar refractivity (Wildman–Crippen MR) is 128 cm³/mol. The van der Waals surface area contributed by atoms with Gasteiger partial charge >= 0.3 is 5.97 Å². The molecule has 0 aromatic heterocycles.